The molecule has 0 amide bonds. The first-order chi connectivity index (χ1) is 9.30. The molecule has 0 aromatic carbocycles. The normalized spacial score (nSPS) is 20.8. The van der Waals surface area contributed by atoms with E-state index in [0.29, 0.717) is 24.2 Å². The maximum absolute atomic E-state index is 10.6. The van der Waals surface area contributed by atoms with E-state index in [1.54, 1.807) is 12.1 Å². The average Bonchev–Trinajstić information content (AvgIpc) is 2.38. The summed E-state index contributed by atoms with van der Waals surface area (Å²) in [5.74, 6) is 0.208. The number of aryl methyl sites for hydroxylation is 1. The Bertz CT molecular complexity index is 462. The molecule has 1 fully saturated rings. The summed E-state index contributed by atoms with van der Waals surface area (Å²) in [6.45, 7) is 7.46. The molecule has 4 heteroatoms. The van der Waals surface area contributed by atoms with Gasteiger partial charge < -0.3 is 15.5 Å². The predicted molar refractivity (Wildman–Crippen MR) is 79.5 cm³/mol. The van der Waals surface area contributed by atoms with Crippen LogP contribution in [0.25, 0.3) is 0 Å². The zero-order chi connectivity index (χ0) is 14.8. The number of nitrogens with one attached hydrogen (secondary N) is 1. The molecule has 1 aliphatic carbocycles. The van der Waals surface area contributed by atoms with Crippen LogP contribution in [0.15, 0.2) is 12.1 Å². The smallest absolute Gasteiger partial charge is 0.138 e. The van der Waals surface area contributed by atoms with E-state index in [9.17, 15) is 10.2 Å². The second-order valence-electron chi connectivity index (χ2n) is 6.91. The van der Waals surface area contributed by atoms with E-state index < -0.39 is 5.60 Å². The Morgan fingerprint density at radius 2 is 1.85 bits per heavy atom. The lowest BCUT2D eigenvalue weighted by Gasteiger charge is -2.40. The van der Waals surface area contributed by atoms with Gasteiger partial charge in [0.25, 0.3) is 0 Å². The quantitative estimate of drug-likeness (QED) is 0.792. The first-order valence-electron chi connectivity index (χ1n) is 7.38. The van der Waals surface area contributed by atoms with Crippen LogP contribution >= 0.6 is 0 Å². The number of pyridine rings is 1. The molecule has 3 N–H and O–H groups in total. The minimum absolute atomic E-state index is 0.208. The highest BCUT2D eigenvalue weighted by molar-refractivity contribution is 5.27. The Morgan fingerprint density at radius 1 is 1.20 bits per heavy atom. The van der Waals surface area contributed by atoms with Gasteiger partial charge in [0.1, 0.15) is 5.75 Å². The molecule has 1 heterocycles. The molecule has 1 aliphatic rings. The Morgan fingerprint density at radius 3 is 2.50 bits per heavy atom. The molecule has 0 radical (unpaired) electrons. The van der Waals surface area contributed by atoms with Crippen molar-refractivity contribution in [2.24, 2.45) is 5.41 Å². The van der Waals surface area contributed by atoms with Crippen molar-refractivity contribution >= 4 is 0 Å². The first-order valence-corrected chi connectivity index (χ1v) is 7.38. The zero-order valence-corrected chi connectivity index (χ0v) is 12.7. The molecule has 1 aromatic rings. The van der Waals surface area contributed by atoms with E-state index in [1.807, 2.05) is 6.92 Å². The van der Waals surface area contributed by atoms with Crippen LogP contribution in [0.1, 0.15) is 50.9 Å². The fourth-order valence-corrected chi connectivity index (χ4v) is 2.72. The van der Waals surface area contributed by atoms with Gasteiger partial charge in [0.2, 0.25) is 0 Å². The number of nitrogens with zero attached hydrogens (tertiary/aromatic N) is 1. The van der Waals surface area contributed by atoms with Crippen molar-refractivity contribution in [3.05, 3.63) is 23.5 Å². The predicted octanol–water partition coefficient (Wildman–Crippen LogP) is 2.52. The highest BCUT2D eigenvalue weighted by atomic mass is 16.3. The number of hydrogen-bond donors (Lipinski definition) is 3. The third-order valence-electron chi connectivity index (χ3n) is 4.37. The van der Waals surface area contributed by atoms with Crippen molar-refractivity contribution in [1.29, 1.82) is 0 Å². The Hall–Kier alpha value is -1.13. The van der Waals surface area contributed by atoms with Crippen molar-refractivity contribution in [2.75, 3.05) is 6.54 Å². The Kier molecular flexibility index (Phi) is 4.35. The van der Waals surface area contributed by atoms with E-state index in [-0.39, 0.29) is 5.75 Å². The topological polar surface area (TPSA) is 65.4 Å². The third kappa shape index (κ3) is 3.93. The van der Waals surface area contributed by atoms with Gasteiger partial charge in [-0.25, -0.2) is 0 Å². The fraction of sp³-hybridized carbons (Fsp3) is 0.688. The zero-order valence-electron chi connectivity index (χ0n) is 12.7. The molecule has 0 saturated heterocycles. The molecule has 0 spiro atoms. The summed E-state index contributed by atoms with van der Waals surface area (Å²) in [6.07, 6.45) is 3.78. The fourth-order valence-electron chi connectivity index (χ4n) is 2.72. The number of rotatable bonds is 4. The molecule has 4 nitrogen and oxygen atoms in total. The van der Waals surface area contributed by atoms with E-state index in [4.69, 9.17) is 0 Å². The van der Waals surface area contributed by atoms with Gasteiger partial charge in [-0.2, -0.15) is 0 Å². The van der Waals surface area contributed by atoms with Crippen molar-refractivity contribution in [1.82, 2.24) is 10.3 Å². The Labute approximate surface area is 121 Å². The second-order valence-corrected chi connectivity index (χ2v) is 6.91. The lowest BCUT2D eigenvalue weighted by molar-refractivity contribution is -0.0245. The Balaban J connectivity index is 1.85. The monoisotopic (exact) mass is 278 g/mol. The van der Waals surface area contributed by atoms with Gasteiger partial charge in [-0.1, -0.05) is 13.8 Å². The molecular formula is C16H26N2O2. The average molecular weight is 278 g/mol. The molecule has 0 bridgehead atoms. The van der Waals surface area contributed by atoms with Crippen LogP contribution in [0, 0.1) is 12.3 Å². The number of aliphatic hydroxyl groups is 1. The molecule has 0 aliphatic heterocycles. The molecule has 1 saturated carbocycles. The largest absolute Gasteiger partial charge is 0.506 e. The van der Waals surface area contributed by atoms with Gasteiger partial charge in [0, 0.05) is 18.8 Å². The van der Waals surface area contributed by atoms with Crippen LogP contribution in [0.3, 0.4) is 0 Å². The maximum Gasteiger partial charge on any atom is 0.138 e. The van der Waals surface area contributed by atoms with Crippen molar-refractivity contribution in [2.45, 2.75) is 58.6 Å². The standard InChI is InChI=1S/C16H26N2O2/c1-12-4-5-14(19)13(18-12)10-17-11-16(20)8-6-15(2,3)7-9-16/h4-5,17,19-20H,6-11H2,1-3H3. The maximum atomic E-state index is 10.6. The van der Waals surface area contributed by atoms with Crippen LogP contribution in [0.5, 0.6) is 5.75 Å². The lowest BCUT2D eigenvalue weighted by Crippen LogP contribution is -2.44. The van der Waals surface area contributed by atoms with Crippen LogP contribution in [-0.4, -0.2) is 27.3 Å². The number of hydrogen-bond acceptors (Lipinski definition) is 4. The van der Waals surface area contributed by atoms with E-state index >= 15 is 0 Å². The molecule has 112 valence electrons. The second kappa shape index (κ2) is 5.70. The number of aromatic hydroxyl groups is 1. The van der Waals surface area contributed by atoms with Gasteiger partial charge >= 0.3 is 0 Å². The van der Waals surface area contributed by atoms with Crippen molar-refractivity contribution < 1.29 is 10.2 Å². The SMILES string of the molecule is Cc1ccc(O)c(CNCC2(O)CCC(C)(C)CC2)n1. The van der Waals surface area contributed by atoms with Crippen LogP contribution in [0.2, 0.25) is 0 Å². The van der Waals surface area contributed by atoms with Crippen molar-refractivity contribution in [3.63, 3.8) is 0 Å². The summed E-state index contributed by atoms with van der Waals surface area (Å²) < 4.78 is 0. The third-order valence-corrected chi connectivity index (χ3v) is 4.37. The summed E-state index contributed by atoms with van der Waals surface area (Å²) in [7, 11) is 0. The van der Waals surface area contributed by atoms with Crippen LogP contribution in [0.4, 0.5) is 0 Å². The van der Waals surface area contributed by atoms with E-state index in [2.05, 4.69) is 24.1 Å². The van der Waals surface area contributed by atoms with E-state index in [1.165, 1.54) is 0 Å². The molecular weight excluding hydrogens is 252 g/mol. The van der Waals surface area contributed by atoms with Crippen LogP contribution < -0.4 is 5.32 Å². The molecule has 2 rings (SSSR count). The van der Waals surface area contributed by atoms with E-state index in [0.717, 1.165) is 31.4 Å². The van der Waals surface area contributed by atoms with Gasteiger partial charge in [0.05, 0.1) is 11.3 Å². The minimum atomic E-state index is -0.616. The van der Waals surface area contributed by atoms with Gasteiger partial charge in [0.15, 0.2) is 0 Å². The first kappa shape index (κ1) is 15.3. The summed E-state index contributed by atoms with van der Waals surface area (Å²) in [6, 6.07) is 3.45. The highest BCUT2D eigenvalue weighted by Gasteiger charge is 2.36. The van der Waals surface area contributed by atoms with Gasteiger partial charge in [-0.05, 0) is 50.2 Å². The molecule has 20 heavy (non-hydrogen) atoms. The summed E-state index contributed by atoms with van der Waals surface area (Å²) in [5.41, 5.74) is 1.26. The van der Waals surface area contributed by atoms with Gasteiger partial charge in [-0.15, -0.1) is 0 Å². The summed E-state index contributed by atoms with van der Waals surface area (Å²) in [5, 5.41) is 23.5. The van der Waals surface area contributed by atoms with Crippen molar-refractivity contribution in [3.8, 4) is 5.75 Å². The highest BCUT2D eigenvalue weighted by Crippen LogP contribution is 2.39. The van der Waals surface area contributed by atoms with Crippen LogP contribution in [-0.2, 0) is 6.54 Å². The summed E-state index contributed by atoms with van der Waals surface area (Å²) in [4.78, 5) is 4.31. The molecule has 1 aromatic heterocycles. The minimum Gasteiger partial charge on any atom is -0.506 e. The summed E-state index contributed by atoms with van der Waals surface area (Å²) >= 11 is 0. The molecule has 0 atom stereocenters. The lowest BCUT2D eigenvalue weighted by atomic mass is 9.71. The number of aromatic nitrogens is 1. The van der Waals surface area contributed by atoms with Gasteiger partial charge in [-0.3, -0.25) is 4.98 Å². The molecule has 0 unspecified atom stereocenters.